The normalized spacial score (nSPS) is 37.4. The van der Waals surface area contributed by atoms with Gasteiger partial charge in [-0.3, -0.25) is 4.79 Å². The Morgan fingerprint density at radius 2 is 2.17 bits per heavy atom. The number of hydrogen-bond donors (Lipinski definition) is 1. The summed E-state index contributed by atoms with van der Waals surface area (Å²) >= 11 is 0. The zero-order valence-corrected chi connectivity index (χ0v) is 8.13. The highest BCUT2D eigenvalue weighted by Gasteiger charge is 2.35. The molecule has 0 radical (unpaired) electrons. The number of carbonyl (C=O) groups is 1. The van der Waals surface area contributed by atoms with Crippen molar-refractivity contribution in [2.75, 3.05) is 0 Å². The number of aliphatic hydroxyl groups is 1. The minimum absolute atomic E-state index is 0.185. The smallest absolute Gasteiger partial charge is 0.139 e. The summed E-state index contributed by atoms with van der Waals surface area (Å²) < 4.78 is 0. The number of carbonyl (C=O) groups excluding carboxylic acids is 1. The fraction of sp³-hybridized carbons (Fsp3) is 0.900. The molecular weight excluding hydrogens is 152 g/mol. The van der Waals surface area contributed by atoms with E-state index in [2.05, 4.69) is 13.8 Å². The highest BCUT2D eigenvalue weighted by atomic mass is 16.3. The van der Waals surface area contributed by atoms with Crippen molar-refractivity contribution in [3.63, 3.8) is 0 Å². The van der Waals surface area contributed by atoms with Crippen LogP contribution in [0.5, 0.6) is 0 Å². The Kier molecular flexibility index (Phi) is 2.57. The Balaban J connectivity index is 2.60. The molecule has 0 aliphatic heterocycles. The molecule has 70 valence electrons. The van der Waals surface area contributed by atoms with E-state index in [0.29, 0.717) is 12.3 Å². The molecule has 0 spiro atoms. The van der Waals surface area contributed by atoms with Crippen LogP contribution in [0.3, 0.4) is 0 Å². The van der Waals surface area contributed by atoms with Crippen molar-refractivity contribution in [1.29, 1.82) is 0 Å². The van der Waals surface area contributed by atoms with Crippen LogP contribution in [0, 0.1) is 11.8 Å². The van der Waals surface area contributed by atoms with Crippen molar-refractivity contribution in [2.24, 2.45) is 11.8 Å². The van der Waals surface area contributed by atoms with Crippen LogP contribution in [0.2, 0.25) is 0 Å². The van der Waals surface area contributed by atoms with E-state index in [1.165, 1.54) is 0 Å². The Morgan fingerprint density at radius 1 is 1.58 bits per heavy atom. The molecule has 0 unspecified atom stereocenters. The van der Waals surface area contributed by atoms with E-state index in [4.69, 9.17) is 0 Å². The van der Waals surface area contributed by atoms with Crippen molar-refractivity contribution >= 4 is 5.78 Å². The summed E-state index contributed by atoms with van der Waals surface area (Å²) in [6, 6.07) is 0. The van der Waals surface area contributed by atoms with Crippen LogP contribution >= 0.6 is 0 Å². The fourth-order valence-electron chi connectivity index (χ4n) is 1.93. The van der Waals surface area contributed by atoms with Crippen LogP contribution in [0.4, 0.5) is 0 Å². The molecule has 2 atom stereocenters. The van der Waals surface area contributed by atoms with Gasteiger partial charge in [0.25, 0.3) is 0 Å². The maximum absolute atomic E-state index is 11.5. The van der Waals surface area contributed by atoms with Crippen molar-refractivity contribution in [2.45, 2.75) is 45.6 Å². The SMILES string of the molecule is CC(C)[C@@H]1CC[C@@](C)(O)CC1=O. The second-order valence-electron chi connectivity index (χ2n) is 4.53. The molecule has 0 aromatic heterocycles. The first kappa shape index (κ1) is 9.72. The van der Waals surface area contributed by atoms with Gasteiger partial charge in [-0.2, -0.15) is 0 Å². The minimum atomic E-state index is -0.734. The van der Waals surface area contributed by atoms with Gasteiger partial charge in [0, 0.05) is 12.3 Å². The Labute approximate surface area is 74.0 Å². The molecule has 1 aliphatic rings. The Bertz CT molecular complexity index is 182. The average molecular weight is 170 g/mol. The molecule has 1 rings (SSSR count). The Hall–Kier alpha value is -0.370. The minimum Gasteiger partial charge on any atom is -0.390 e. The van der Waals surface area contributed by atoms with Gasteiger partial charge >= 0.3 is 0 Å². The van der Waals surface area contributed by atoms with Crippen LogP contribution < -0.4 is 0 Å². The summed E-state index contributed by atoms with van der Waals surface area (Å²) in [4.78, 5) is 11.5. The lowest BCUT2D eigenvalue weighted by Crippen LogP contribution is -2.38. The van der Waals surface area contributed by atoms with Gasteiger partial charge < -0.3 is 5.11 Å². The predicted octanol–water partition coefficient (Wildman–Crippen LogP) is 1.76. The van der Waals surface area contributed by atoms with Gasteiger partial charge in [0.2, 0.25) is 0 Å². The quantitative estimate of drug-likeness (QED) is 0.651. The summed E-state index contributed by atoms with van der Waals surface area (Å²) in [5.74, 6) is 0.847. The van der Waals surface area contributed by atoms with Gasteiger partial charge in [0.1, 0.15) is 5.78 Å². The molecule has 1 saturated carbocycles. The van der Waals surface area contributed by atoms with Gasteiger partial charge in [-0.15, -0.1) is 0 Å². The molecule has 0 heterocycles. The van der Waals surface area contributed by atoms with Crippen LogP contribution in [0.1, 0.15) is 40.0 Å². The van der Waals surface area contributed by atoms with Crippen molar-refractivity contribution < 1.29 is 9.90 Å². The van der Waals surface area contributed by atoms with E-state index in [-0.39, 0.29) is 11.7 Å². The van der Waals surface area contributed by atoms with Gasteiger partial charge in [0.15, 0.2) is 0 Å². The maximum Gasteiger partial charge on any atom is 0.139 e. The topological polar surface area (TPSA) is 37.3 Å². The highest BCUT2D eigenvalue weighted by molar-refractivity contribution is 5.83. The molecule has 2 heteroatoms. The highest BCUT2D eigenvalue weighted by Crippen LogP contribution is 2.32. The number of Topliss-reactive ketones (excluding diaryl/α,β-unsaturated/α-hetero) is 1. The monoisotopic (exact) mass is 170 g/mol. The first-order valence-electron chi connectivity index (χ1n) is 4.67. The molecule has 1 fully saturated rings. The number of hydrogen-bond acceptors (Lipinski definition) is 2. The second kappa shape index (κ2) is 3.17. The van der Waals surface area contributed by atoms with E-state index in [1.807, 2.05) is 0 Å². The van der Waals surface area contributed by atoms with Crippen LogP contribution in [-0.2, 0) is 4.79 Å². The first-order valence-corrected chi connectivity index (χ1v) is 4.67. The van der Waals surface area contributed by atoms with Crippen molar-refractivity contribution in [1.82, 2.24) is 0 Å². The average Bonchev–Trinajstić information content (AvgIpc) is 1.83. The van der Waals surface area contributed by atoms with E-state index in [1.54, 1.807) is 6.92 Å². The third-order valence-corrected chi connectivity index (χ3v) is 2.77. The van der Waals surface area contributed by atoms with E-state index in [0.717, 1.165) is 12.8 Å². The largest absolute Gasteiger partial charge is 0.390 e. The molecule has 0 amide bonds. The van der Waals surface area contributed by atoms with Crippen molar-refractivity contribution in [3.05, 3.63) is 0 Å². The summed E-state index contributed by atoms with van der Waals surface area (Å²) in [6.07, 6.45) is 1.96. The van der Waals surface area contributed by atoms with E-state index < -0.39 is 5.60 Å². The third kappa shape index (κ3) is 2.07. The van der Waals surface area contributed by atoms with Crippen LogP contribution in [0.25, 0.3) is 0 Å². The maximum atomic E-state index is 11.5. The van der Waals surface area contributed by atoms with E-state index in [9.17, 15) is 9.90 Å². The fourth-order valence-corrected chi connectivity index (χ4v) is 1.93. The molecule has 1 aliphatic carbocycles. The number of ketones is 1. The van der Waals surface area contributed by atoms with Gasteiger partial charge in [-0.05, 0) is 25.7 Å². The molecule has 0 aromatic carbocycles. The van der Waals surface area contributed by atoms with Crippen LogP contribution in [0.15, 0.2) is 0 Å². The predicted molar refractivity (Wildman–Crippen MR) is 47.8 cm³/mol. The van der Waals surface area contributed by atoms with Gasteiger partial charge in [0.05, 0.1) is 5.60 Å². The van der Waals surface area contributed by atoms with E-state index >= 15 is 0 Å². The third-order valence-electron chi connectivity index (χ3n) is 2.77. The summed E-state index contributed by atoms with van der Waals surface area (Å²) in [5.41, 5.74) is -0.734. The molecule has 1 N–H and O–H groups in total. The molecule has 12 heavy (non-hydrogen) atoms. The zero-order valence-electron chi connectivity index (χ0n) is 8.13. The van der Waals surface area contributed by atoms with Crippen LogP contribution in [-0.4, -0.2) is 16.5 Å². The number of rotatable bonds is 1. The van der Waals surface area contributed by atoms with Gasteiger partial charge in [-0.25, -0.2) is 0 Å². The molecule has 0 bridgehead atoms. The standard InChI is InChI=1S/C10H18O2/c1-7(2)8-4-5-10(3,12)6-9(8)11/h7-8,12H,4-6H2,1-3H3/t8-,10+/m0/s1. The lowest BCUT2D eigenvalue weighted by Gasteiger charge is -2.33. The molecule has 2 nitrogen and oxygen atoms in total. The lowest BCUT2D eigenvalue weighted by atomic mass is 9.74. The summed E-state index contributed by atoms with van der Waals surface area (Å²) in [7, 11) is 0. The summed E-state index contributed by atoms with van der Waals surface area (Å²) in [6.45, 7) is 5.90. The zero-order chi connectivity index (χ0) is 9.35. The molecular formula is C10H18O2. The molecule has 0 saturated heterocycles. The van der Waals surface area contributed by atoms with Crippen molar-refractivity contribution in [3.8, 4) is 0 Å². The first-order chi connectivity index (χ1) is 5.42. The lowest BCUT2D eigenvalue weighted by molar-refractivity contribution is -0.133. The summed E-state index contributed by atoms with van der Waals surface area (Å²) in [5, 5.41) is 9.62. The second-order valence-corrected chi connectivity index (χ2v) is 4.53. The molecule has 0 aromatic rings. The Morgan fingerprint density at radius 3 is 2.58 bits per heavy atom. The van der Waals surface area contributed by atoms with Gasteiger partial charge in [-0.1, -0.05) is 13.8 Å².